The summed E-state index contributed by atoms with van der Waals surface area (Å²) in [6.07, 6.45) is 1.80. The van der Waals surface area contributed by atoms with E-state index in [1.807, 2.05) is 48.5 Å². The van der Waals surface area contributed by atoms with Gasteiger partial charge in [0.05, 0.1) is 10.6 Å². The summed E-state index contributed by atoms with van der Waals surface area (Å²) < 4.78 is 0. The van der Waals surface area contributed by atoms with Gasteiger partial charge in [-0.15, -0.1) is 0 Å². The van der Waals surface area contributed by atoms with Crippen molar-refractivity contribution in [2.45, 2.75) is 11.4 Å². The summed E-state index contributed by atoms with van der Waals surface area (Å²) in [5.74, 6) is -0.461. The lowest BCUT2D eigenvalue weighted by Gasteiger charge is -2.29. The predicted molar refractivity (Wildman–Crippen MR) is 127 cm³/mol. The Labute approximate surface area is 194 Å². The molecule has 0 unspecified atom stereocenters. The molecule has 4 nitrogen and oxygen atoms in total. The van der Waals surface area contributed by atoms with E-state index in [0.717, 1.165) is 21.7 Å². The minimum atomic E-state index is -0.243. The number of nitrogens with zero attached hydrogens (tertiary/aromatic N) is 1. The van der Waals surface area contributed by atoms with Crippen molar-refractivity contribution >= 4 is 58.5 Å². The monoisotopic (exact) mass is 468 g/mol. The van der Waals surface area contributed by atoms with Crippen molar-refractivity contribution in [2.75, 3.05) is 11.4 Å². The molecule has 1 aliphatic rings. The fraction of sp³-hybridized carbons (Fsp3) is 0.0833. The summed E-state index contributed by atoms with van der Waals surface area (Å²) in [7, 11) is 0. The van der Waals surface area contributed by atoms with Gasteiger partial charge in [0.1, 0.15) is 6.54 Å². The quantitative estimate of drug-likeness (QED) is 0.482. The second-order valence-electron chi connectivity index (χ2n) is 6.93. The molecule has 4 rings (SSSR count). The maximum atomic E-state index is 13.2. The van der Waals surface area contributed by atoms with E-state index in [-0.39, 0.29) is 18.4 Å². The molecule has 7 heteroatoms. The van der Waals surface area contributed by atoms with Crippen LogP contribution < -0.4 is 10.2 Å². The Kier molecular flexibility index (Phi) is 6.66. The van der Waals surface area contributed by atoms with Crippen LogP contribution in [0.15, 0.2) is 82.6 Å². The van der Waals surface area contributed by atoms with Crippen molar-refractivity contribution in [3.8, 4) is 0 Å². The molecule has 3 aromatic carbocycles. The lowest BCUT2D eigenvalue weighted by molar-refractivity contribution is -0.122. The highest BCUT2D eigenvalue weighted by Crippen LogP contribution is 2.42. The number of rotatable bonds is 5. The van der Waals surface area contributed by atoms with E-state index in [1.54, 1.807) is 30.3 Å². The summed E-state index contributed by atoms with van der Waals surface area (Å²) in [6, 6.07) is 22.1. The van der Waals surface area contributed by atoms with Gasteiger partial charge in [0, 0.05) is 21.5 Å². The van der Waals surface area contributed by atoms with E-state index >= 15 is 0 Å². The molecule has 0 spiro atoms. The van der Waals surface area contributed by atoms with Crippen LogP contribution in [0.5, 0.6) is 0 Å². The first-order chi connectivity index (χ1) is 15.0. The number of carbonyl (C=O) groups excluding carboxylic acids is 2. The van der Waals surface area contributed by atoms with E-state index < -0.39 is 0 Å². The molecule has 1 aliphatic heterocycles. The smallest absolute Gasteiger partial charge is 0.265 e. The molecule has 1 heterocycles. The maximum absolute atomic E-state index is 13.2. The lowest BCUT2D eigenvalue weighted by atomic mass is 10.2. The van der Waals surface area contributed by atoms with Crippen LogP contribution in [0.4, 0.5) is 5.69 Å². The molecule has 0 atom stereocenters. The highest BCUT2D eigenvalue weighted by molar-refractivity contribution is 8.04. The Morgan fingerprint density at radius 1 is 0.968 bits per heavy atom. The number of halogens is 2. The Morgan fingerprint density at radius 3 is 2.52 bits per heavy atom. The summed E-state index contributed by atoms with van der Waals surface area (Å²) in [5.41, 5.74) is 2.48. The van der Waals surface area contributed by atoms with Crippen LogP contribution in [0.3, 0.4) is 0 Å². The van der Waals surface area contributed by atoms with E-state index in [0.29, 0.717) is 21.5 Å². The van der Waals surface area contributed by atoms with Crippen molar-refractivity contribution in [3.63, 3.8) is 0 Å². The molecule has 1 N–H and O–H groups in total. The van der Waals surface area contributed by atoms with E-state index in [1.165, 1.54) is 16.7 Å². The summed E-state index contributed by atoms with van der Waals surface area (Å²) >= 11 is 13.4. The Hall–Kier alpha value is -2.73. The third-order valence-electron chi connectivity index (χ3n) is 4.68. The first-order valence-electron chi connectivity index (χ1n) is 9.57. The van der Waals surface area contributed by atoms with Crippen molar-refractivity contribution in [1.82, 2.24) is 5.32 Å². The molecule has 156 valence electrons. The molecule has 0 aliphatic carbocycles. The molecule has 31 heavy (non-hydrogen) atoms. The first kappa shape index (κ1) is 21.5. The topological polar surface area (TPSA) is 49.4 Å². The minimum absolute atomic E-state index is 0.0725. The predicted octanol–water partition coefficient (Wildman–Crippen LogP) is 5.79. The number of anilines is 1. The van der Waals surface area contributed by atoms with Gasteiger partial charge in [-0.3, -0.25) is 14.5 Å². The van der Waals surface area contributed by atoms with Gasteiger partial charge in [-0.25, -0.2) is 0 Å². The lowest BCUT2D eigenvalue weighted by Crippen LogP contribution is -2.42. The number of nitrogens with one attached hydrogen (secondary N) is 1. The van der Waals surface area contributed by atoms with Gasteiger partial charge in [-0.1, -0.05) is 71.4 Å². The fourth-order valence-corrected chi connectivity index (χ4v) is 4.55. The second-order valence-corrected chi connectivity index (χ2v) is 8.88. The largest absolute Gasteiger partial charge is 0.350 e. The summed E-state index contributed by atoms with van der Waals surface area (Å²) in [6.45, 7) is 0.288. The zero-order valence-electron chi connectivity index (χ0n) is 16.3. The number of hydrogen-bond acceptors (Lipinski definition) is 3. The van der Waals surface area contributed by atoms with Crippen molar-refractivity contribution < 1.29 is 9.59 Å². The Balaban J connectivity index is 1.54. The normalized spacial score (nSPS) is 14.5. The third-order valence-corrected chi connectivity index (χ3v) is 6.25. The van der Waals surface area contributed by atoms with Crippen LogP contribution in [-0.2, 0) is 16.1 Å². The second kappa shape index (κ2) is 9.60. The number of amides is 2. The first-order valence-corrected chi connectivity index (χ1v) is 11.1. The standard InChI is InChI=1S/C24H18Cl2N2O2S/c25-18-10-8-16(9-11-18)14-27-23(29)15-28-20-6-1-2-7-21(20)31-22(24(28)30)13-17-4-3-5-19(26)12-17/h1-13H,14-15H2,(H,27,29). The van der Waals surface area contributed by atoms with Crippen molar-refractivity contribution in [2.24, 2.45) is 0 Å². The van der Waals surface area contributed by atoms with Gasteiger partial charge in [0.2, 0.25) is 5.91 Å². The van der Waals surface area contributed by atoms with E-state index in [9.17, 15) is 9.59 Å². The van der Waals surface area contributed by atoms with Crippen LogP contribution in [0.1, 0.15) is 11.1 Å². The minimum Gasteiger partial charge on any atom is -0.350 e. The molecular formula is C24H18Cl2N2O2S. The van der Waals surface area contributed by atoms with Gasteiger partial charge in [-0.05, 0) is 53.6 Å². The highest BCUT2D eigenvalue weighted by Gasteiger charge is 2.30. The molecule has 0 saturated carbocycles. The van der Waals surface area contributed by atoms with E-state index in [2.05, 4.69) is 5.32 Å². The number of carbonyl (C=O) groups is 2. The van der Waals surface area contributed by atoms with Gasteiger partial charge in [-0.2, -0.15) is 0 Å². The number of fused-ring (bicyclic) bond motifs is 1. The molecule has 2 amide bonds. The Morgan fingerprint density at radius 2 is 1.74 bits per heavy atom. The molecule has 0 radical (unpaired) electrons. The molecule has 0 bridgehead atoms. The molecular weight excluding hydrogens is 451 g/mol. The molecule has 3 aromatic rings. The number of thioether (sulfide) groups is 1. The van der Waals surface area contributed by atoms with E-state index in [4.69, 9.17) is 23.2 Å². The van der Waals surface area contributed by atoms with Gasteiger partial charge in [0.25, 0.3) is 5.91 Å². The summed E-state index contributed by atoms with van der Waals surface area (Å²) in [5, 5.41) is 4.11. The number of hydrogen-bond donors (Lipinski definition) is 1. The van der Waals surface area contributed by atoms with Crippen LogP contribution in [0, 0.1) is 0 Å². The van der Waals surface area contributed by atoms with Gasteiger partial charge in [0.15, 0.2) is 0 Å². The molecule has 0 fully saturated rings. The zero-order valence-corrected chi connectivity index (χ0v) is 18.7. The van der Waals surface area contributed by atoms with Crippen LogP contribution >= 0.6 is 35.0 Å². The van der Waals surface area contributed by atoms with Gasteiger partial charge < -0.3 is 5.32 Å². The van der Waals surface area contributed by atoms with Crippen LogP contribution in [-0.4, -0.2) is 18.4 Å². The van der Waals surface area contributed by atoms with Crippen molar-refractivity contribution in [3.05, 3.63) is 98.9 Å². The summed E-state index contributed by atoms with van der Waals surface area (Å²) in [4.78, 5) is 28.8. The van der Waals surface area contributed by atoms with Crippen LogP contribution in [0.2, 0.25) is 10.0 Å². The number of benzene rings is 3. The average molecular weight is 469 g/mol. The highest BCUT2D eigenvalue weighted by atomic mass is 35.5. The average Bonchev–Trinajstić information content (AvgIpc) is 2.76. The van der Waals surface area contributed by atoms with Gasteiger partial charge >= 0.3 is 0 Å². The third kappa shape index (κ3) is 5.31. The number of para-hydroxylation sites is 1. The maximum Gasteiger partial charge on any atom is 0.265 e. The zero-order chi connectivity index (χ0) is 21.8. The fourth-order valence-electron chi connectivity index (χ4n) is 3.17. The molecule has 0 aromatic heterocycles. The van der Waals surface area contributed by atoms with Crippen molar-refractivity contribution in [1.29, 1.82) is 0 Å². The van der Waals surface area contributed by atoms with Crippen LogP contribution in [0.25, 0.3) is 6.08 Å². The molecule has 0 saturated heterocycles. The Bertz CT molecular complexity index is 1160. The SMILES string of the molecule is O=C(CN1C(=O)C(=Cc2cccc(Cl)c2)Sc2ccccc21)NCc1ccc(Cl)cc1.